The first-order valence-corrected chi connectivity index (χ1v) is 10.3. The summed E-state index contributed by atoms with van der Waals surface area (Å²) in [6.07, 6.45) is 1.65. The van der Waals surface area contributed by atoms with Crippen LogP contribution in [0, 0.1) is 0 Å². The Morgan fingerprint density at radius 3 is 2.13 bits per heavy atom. The number of carboxylic acids is 1. The molecule has 3 aromatic carbocycles. The number of hydrogen-bond acceptors (Lipinski definition) is 2. The minimum absolute atomic E-state index is 0.0677. The predicted molar refractivity (Wildman–Crippen MR) is 124 cm³/mol. The van der Waals surface area contributed by atoms with E-state index in [1.807, 2.05) is 53.1 Å². The van der Waals surface area contributed by atoms with Gasteiger partial charge in [-0.15, -0.1) is 0 Å². The SMILES string of the molecule is CC(C)(C)c1ccc(-c2ccc3c(c2)c(C(=O)C(=O)O)cn3Cc2ccccc2)cc1. The number of ketones is 1. The van der Waals surface area contributed by atoms with Gasteiger partial charge in [0.2, 0.25) is 0 Å². The molecule has 4 heteroatoms. The van der Waals surface area contributed by atoms with Crippen LogP contribution in [0.4, 0.5) is 0 Å². The summed E-state index contributed by atoms with van der Waals surface area (Å²) in [5.41, 5.74) is 5.42. The molecule has 156 valence electrons. The van der Waals surface area contributed by atoms with Crippen LogP contribution in [-0.2, 0) is 16.8 Å². The van der Waals surface area contributed by atoms with Gasteiger partial charge in [0.1, 0.15) is 0 Å². The summed E-state index contributed by atoms with van der Waals surface area (Å²) in [6.45, 7) is 7.08. The predicted octanol–water partition coefficient (Wildman–Crippen LogP) is 5.92. The van der Waals surface area contributed by atoms with Crippen LogP contribution in [0.3, 0.4) is 0 Å². The molecule has 0 saturated carbocycles. The molecule has 0 aliphatic carbocycles. The number of fused-ring (bicyclic) bond motifs is 1. The van der Waals surface area contributed by atoms with Gasteiger partial charge in [-0.1, -0.05) is 81.4 Å². The van der Waals surface area contributed by atoms with Gasteiger partial charge in [0, 0.05) is 23.6 Å². The van der Waals surface area contributed by atoms with Gasteiger partial charge in [-0.25, -0.2) is 4.79 Å². The molecule has 0 atom stereocenters. The molecule has 0 aliphatic rings. The maximum atomic E-state index is 12.4. The summed E-state index contributed by atoms with van der Waals surface area (Å²) < 4.78 is 1.94. The number of benzene rings is 3. The second kappa shape index (κ2) is 7.88. The summed E-state index contributed by atoms with van der Waals surface area (Å²) in [7, 11) is 0. The number of carbonyl (C=O) groups excluding carboxylic acids is 1. The van der Waals surface area contributed by atoms with Crippen LogP contribution in [0.25, 0.3) is 22.0 Å². The fourth-order valence-corrected chi connectivity index (χ4v) is 3.85. The fraction of sp³-hybridized carbons (Fsp3) is 0.185. The number of hydrogen-bond donors (Lipinski definition) is 1. The van der Waals surface area contributed by atoms with Gasteiger partial charge in [-0.3, -0.25) is 4.79 Å². The second-order valence-corrected chi connectivity index (χ2v) is 8.85. The van der Waals surface area contributed by atoms with E-state index in [-0.39, 0.29) is 11.0 Å². The van der Waals surface area contributed by atoms with E-state index in [9.17, 15) is 14.7 Å². The molecule has 4 nitrogen and oxygen atoms in total. The van der Waals surface area contributed by atoms with Gasteiger partial charge in [0.05, 0.1) is 5.56 Å². The minimum atomic E-state index is -1.45. The van der Waals surface area contributed by atoms with Crippen LogP contribution < -0.4 is 0 Å². The zero-order valence-electron chi connectivity index (χ0n) is 17.9. The Morgan fingerprint density at radius 2 is 1.52 bits per heavy atom. The highest BCUT2D eigenvalue weighted by Crippen LogP contribution is 2.31. The molecule has 0 unspecified atom stereocenters. The Labute approximate surface area is 181 Å². The monoisotopic (exact) mass is 411 g/mol. The molecule has 0 saturated heterocycles. The Morgan fingerprint density at radius 1 is 0.871 bits per heavy atom. The van der Waals surface area contributed by atoms with Crippen LogP contribution in [-0.4, -0.2) is 21.4 Å². The lowest BCUT2D eigenvalue weighted by atomic mass is 9.86. The lowest BCUT2D eigenvalue weighted by Crippen LogP contribution is -2.12. The molecule has 4 rings (SSSR count). The van der Waals surface area contributed by atoms with Crippen molar-refractivity contribution < 1.29 is 14.7 Å². The number of Topliss-reactive ketones (excluding diaryl/α,β-unsaturated/α-hetero) is 1. The lowest BCUT2D eigenvalue weighted by molar-refractivity contribution is -0.131. The minimum Gasteiger partial charge on any atom is -0.475 e. The van der Waals surface area contributed by atoms with Crippen molar-refractivity contribution in [3.05, 3.63) is 95.7 Å². The molecule has 1 N–H and O–H groups in total. The van der Waals surface area contributed by atoms with E-state index in [4.69, 9.17) is 0 Å². The molecule has 1 aromatic heterocycles. The van der Waals surface area contributed by atoms with Crippen molar-refractivity contribution in [1.82, 2.24) is 4.57 Å². The molecule has 0 bridgehead atoms. The van der Waals surface area contributed by atoms with Crippen LogP contribution >= 0.6 is 0 Å². The van der Waals surface area contributed by atoms with E-state index in [0.717, 1.165) is 22.2 Å². The molecular formula is C27H25NO3. The van der Waals surface area contributed by atoms with Crippen molar-refractivity contribution in [1.29, 1.82) is 0 Å². The average molecular weight is 412 g/mol. The number of carboxylic acid groups (broad SMARTS) is 1. The van der Waals surface area contributed by atoms with Crippen molar-refractivity contribution in [3.8, 4) is 11.1 Å². The molecule has 4 aromatic rings. The fourth-order valence-electron chi connectivity index (χ4n) is 3.85. The molecule has 1 heterocycles. The number of carbonyl (C=O) groups is 2. The van der Waals surface area contributed by atoms with Crippen molar-refractivity contribution in [2.24, 2.45) is 0 Å². The van der Waals surface area contributed by atoms with Crippen LogP contribution in [0.2, 0.25) is 0 Å². The Kier molecular flexibility index (Phi) is 5.24. The van der Waals surface area contributed by atoms with Gasteiger partial charge in [-0.05, 0) is 39.8 Å². The van der Waals surface area contributed by atoms with Gasteiger partial charge in [0.25, 0.3) is 5.78 Å². The third kappa shape index (κ3) is 4.15. The van der Waals surface area contributed by atoms with Gasteiger partial charge < -0.3 is 9.67 Å². The highest BCUT2D eigenvalue weighted by Gasteiger charge is 2.21. The van der Waals surface area contributed by atoms with E-state index in [1.54, 1.807) is 6.20 Å². The quantitative estimate of drug-likeness (QED) is 0.327. The molecule has 0 aliphatic heterocycles. The summed E-state index contributed by atoms with van der Waals surface area (Å²) in [4.78, 5) is 23.9. The van der Waals surface area contributed by atoms with Crippen molar-refractivity contribution in [2.45, 2.75) is 32.7 Å². The Balaban J connectivity index is 1.81. The normalized spacial score (nSPS) is 11.6. The largest absolute Gasteiger partial charge is 0.475 e. The maximum absolute atomic E-state index is 12.4. The molecule has 0 radical (unpaired) electrons. The van der Waals surface area contributed by atoms with Gasteiger partial charge in [-0.2, -0.15) is 0 Å². The molecule has 0 spiro atoms. The Hall–Kier alpha value is -3.66. The number of aromatic nitrogens is 1. The zero-order chi connectivity index (χ0) is 22.2. The lowest BCUT2D eigenvalue weighted by Gasteiger charge is -2.19. The Bertz CT molecular complexity index is 1260. The third-order valence-electron chi connectivity index (χ3n) is 5.60. The van der Waals surface area contributed by atoms with E-state index < -0.39 is 11.8 Å². The van der Waals surface area contributed by atoms with E-state index >= 15 is 0 Å². The number of rotatable bonds is 5. The van der Waals surface area contributed by atoms with Crippen molar-refractivity contribution in [3.63, 3.8) is 0 Å². The summed E-state index contributed by atoms with van der Waals surface area (Å²) in [6, 6.07) is 24.2. The smallest absolute Gasteiger partial charge is 0.377 e. The topological polar surface area (TPSA) is 59.3 Å². The van der Waals surface area contributed by atoms with Gasteiger partial charge >= 0.3 is 5.97 Å². The van der Waals surface area contributed by atoms with Crippen LogP contribution in [0.1, 0.15) is 42.3 Å². The molecule has 0 fully saturated rings. The molecule has 0 amide bonds. The number of nitrogens with zero attached hydrogens (tertiary/aromatic N) is 1. The summed E-state index contributed by atoms with van der Waals surface area (Å²) in [5, 5.41) is 9.98. The second-order valence-electron chi connectivity index (χ2n) is 8.85. The highest BCUT2D eigenvalue weighted by atomic mass is 16.4. The van der Waals surface area contributed by atoms with E-state index in [0.29, 0.717) is 11.9 Å². The number of aliphatic carboxylic acids is 1. The molecule has 31 heavy (non-hydrogen) atoms. The van der Waals surface area contributed by atoms with Crippen molar-refractivity contribution in [2.75, 3.05) is 0 Å². The van der Waals surface area contributed by atoms with Crippen molar-refractivity contribution >= 4 is 22.7 Å². The molecular weight excluding hydrogens is 386 g/mol. The third-order valence-corrected chi connectivity index (χ3v) is 5.60. The van der Waals surface area contributed by atoms with E-state index in [1.165, 1.54) is 5.56 Å². The summed E-state index contributed by atoms with van der Waals surface area (Å²) >= 11 is 0. The first-order chi connectivity index (χ1) is 14.7. The van der Waals surface area contributed by atoms with E-state index in [2.05, 4.69) is 45.0 Å². The standard InChI is InChI=1S/C27H25NO3/c1-27(2,3)21-12-9-19(10-13-21)20-11-14-24-22(15-20)23(25(29)26(30)31)17-28(24)16-18-7-5-4-6-8-18/h4-15,17H,16H2,1-3H3,(H,30,31). The van der Waals surface area contributed by atoms with Gasteiger partial charge in [0.15, 0.2) is 0 Å². The average Bonchev–Trinajstić information content (AvgIpc) is 3.11. The maximum Gasteiger partial charge on any atom is 0.377 e. The zero-order valence-corrected chi connectivity index (χ0v) is 17.9. The first kappa shape index (κ1) is 20.6. The summed E-state index contributed by atoms with van der Waals surface area (Å²) in [5.74, 6) is -2.34. The first-order valence-electron chi connectivity index (χ1n) is 10.3. The van der Waals surface area contributed by atoms with Crippen LogP contribution in [0.15, 0.2) is 79.0 Å². The van der Waals surface area contributed by atoms with Crippen LogP contribution in [0.5, 0.6) is 0 Å². The highest BCUT2D eigenvalue weighted by molar-refractivity contribution is 6.42.